The van der Waals surface area contributed by atoms with Crippen LogP contribution in [0, 0.1) is 0 Å². The maximum absolute atomic E-state index is 13.3. The molecule has 1 aliphatic rings. The number of thiophene rings is 2. The number of carbonyl (C=O) groups excluding carboxylic acids is 1. The zero-order chi connectivity index (χ0) is 18.2. The highest BCUT2D eigenvalue weighted by molar-refractivity contribution is 7.10. The van der Waals surface area contributed by atoms with Crippen molar-refractivity contribution in [2.24, 2.45) is 0 Å². The van der Waals surface area contributed by atoms with Crippen LogP contribution < -0.4 is 0 Å². The van der Waals surface area contributed by atoms with Crippen LogP contribution in [0.3, 0.4) is 0 Å². The van der Waals surface area contributed by atoms with Gasteiger partial charge in [0, 0.05) is 16.3 Å². The highest BCUT2D eigenvalue weighted by atomic mass is 32.1. The Morgan fingerprint density at radius 1 is 1.04 bits per heavy atom. The smallest absolute Gasteiger partial charge is 0.276 e. The number of fused-ring (bicyclic) bond motifs is 1. The van der Waals surface area contributed by atoms with Gasteiger partial charge in [0.25, 0.3) is 5.91 Å². The van der Waals surface area contributed by atoms with Crippen LogP contribution in [0.15, 0.2) is 65.5 Å². The summed E-state index contributed by atoms with van der Waals surface area (Å²) in [6.45, 7) is 0.688. The van der Waals surface area contributed by atoms with E-state index < -0.39 is 0 Å². The second-order valence-electron chi connectivity index (χ2n) is 6.32. The lowest BCUT2D eigenvalue weighted by molar-refractivity contribution is 0.0692. The van der Waals surface area contributed by atoms with Crippen LogP contribution in [-0.2, 0) is 6.42 Å². The van der Waals surface area contributed by atoms with E-state index in [9.17, 15) is 4.79 Å². The quantitative estimate of drug-likeness (QED) is 0.526. The number of nitrogens with zero attached hydrogens (tertiary/aromatic N) is 4. The Kier molecular flexibility index (Phi) is 4.10. The highest BCUT2D eigenvalue weighted by Crippen LogP contribution is 2.39. The maximum Gasteiger partial charge on any atom is 0.276 e. The minimum atomic E-state index is -0.0765. The fourth-order valence-corrected chi connectivity index (χ4v) is 5.24. The number of rotatable bonds is 3. The molecule has 0 fully saturated rings. The second-order valence-corrected chi connectivity index (χ2v) is 8.30. The van der Waals surface area contributed by atoms with Crippen LogP contribution in [0.1, 0.15) is 31.8 Å². The van der Waals surface area contributed by atoms with Crippen molar-refractivity contribution in [2.45, 2.75) is 12.5 Å². The zero-order valence-corrected chi connectivity index (χ0v) is 16.0. The van der Waals surface area contributed by atoms with Crippen LogP contribution in [0.5, 0.6) is 0 Å². The molecule has 1 aliphatic heterocycles. The Morgan fingerprint density at radius 3 is 2.74 bits per heavy atom. The summed E-state index contributed by atoms with van der Waals surface area (Å²) in [4.78, 5) is 19.3. The van der Waals surface area contributed by atoms with Crippen LogP contribution >= 0.6 is 22.7 Å². The number of hydrogen-bond acceptors (Lipinski definition) is 5. The minimum Gasteiger partial charge on any atom is -0.325 e. The molecule has 0 aliphatic carbocycles. The van der Waals surface area contributed by atoms with Crippen molar-refractivity contribution in [3.05, 3.63) is 86.5 Å². The number of carbonyl (C=O) groups is 1. The molecule has 5 nitrogen and oxygen atoms in total. The van der Waals surface area contributed by atoms with E-state index in [0.29, 0.717) is 12.2 Å². The summed E-state index contributed by atoms with van der Waals surface area (Å²) in [5.41, 5.74) is 2.45. The summed E-state index contributed by atoms with van der Waals surface area (Å²) in [5.74, 6) is -0.0765. The van der Waals surface area contributed by atoms with E-state index in [4.69, 9.17) is 0 Å². The first-order chi connectivity index (χ1) is 13.3. The third-order valence-electron chi connectivity index (χ3n) is 4.74. The Hall–Kier alpha value is -2.77. The molecule has 1 atom stereocenters. The van der Waals surface area contributed by atoms with Gasteiger partial charge in [-0.2, -0.15) is 9.90 Å². The predicted molar refractivity (Wildman–Crippen MR) is 107 cm³/mol. The van der Waals surface area contributed by atoms with E-state index in [2.05, 4.69) is 33.1 Å². The van der Waals surface area contributed by atoms with Crippen molar-refractivity contribution < 1.29 is 4.79 Å². The maximum atomic E-state index is 13.3. The van der Waals surface area contributed by atoms with Gasteiger partial charge >= 0.3 is 0 Å². The van der Waals surface area contributed by atoms with Gasteiger partial charge in [-0.1, -0.05) is 24.3 Å². The Balaban J connectivity index is 1.50. The molecule has 0 spiro atoms. The van der Waals surface area contributed by atoms with Gasteiger partial charge in [0.15, 0.2) is 5.69 Å². The summed E-state index contributed by atoms with van der Waals surface area (Å²) >= 11 is 3.46. The number of benzene rings is 1. The van der Waals surface area contributed by atoms with E-state index >= 15 is 0 Å². The molecule has 1 aromatic carbocycles. The van der Waals surface area contributed by atoms with Crippen molar-refractivity contribution in [3.8, 4) is 5.69 Å². The SMILES string of the molecule is O=C(c1cnn(-c2ccccc2)n1)N1CCc2sccc2[C@@H]1c1cccs1. The van der Waals surface area contributed by atoms with E-state index in [0.717, 1.165) is 12.1 Å². The molecular formula is C20H16N4OS2. The molecule has 1 amide bonds. The monoisotopic (exact) mass is 392 g/mol. The molecule has 4 aromatic rings. The van der Waals surface area contributed by atoms with Crippen molar-refractivity contribution >= 4 is 28.6 Å². The third-order valence-corrected chi connectivity index (χ3v) is 6.66. The largest absolute Gasteiger partial charge is 0.325 e. The summed E-state index contributed by atoms with van der Waals surface area (Å²) < 4.78 is 0. The number of hydrogen-bond donors (Lipinski definition) is 0. The normalized spacial score (nSPS) is 16.3. The summed E-state index contributed by atoms with van der Waals surface area (Å²) in [6.07, 6.45) is 2.44. The van der Waals surface area contributed by atoms with Crippen molar-refractivity contribution in [1.82, 2.24) is 19.9 Å². The van der Waals surface area contributed by atoms with Crippen LogP contribution in [0.2, 0.25) is 0 Å². The van der Waals surface area contributed by atoms with Crippen LogP contribution in [-0.4, -0.2) is 32.3 Å². The lowest BCUT2D eigenvalue weighted by Gasteiger charge is -2.35. The van der Waals surface area contributed by atoms with Gasteiger partial charge in [-0.05, 0) is 47.0 Å². The van der Waals surface area contributed by atoms with Gasteiger partial charge < -0.3 is 4.90 Å². The molecule has 7 heteroatoms. The molecular weight excluding hydrogens is 376 g/mol. The number of amides is 1. The molecule has 0 bridgehead atoms. The van der Waals surface area contributed by atoms with Crippen molar-refractivity contribution in [1.29, 1.82) is 0 Å². The lowest BCUT2D eigenvalue weighted by Crippen LogP contribution is -2.40. The highest BCUT2D eigenvalue weighted by Gasteiger charge is 2.34. The first kappa shape index (κ1) is 16.4. The second kappa shape index (κ2) is 6.75. The molecule has 5 rings (SSSR count). The molecule has 4 heterocycles. The minimum absolute atomic E-state index is 0.0469. The standard InChI is InChI=1S/C20H16N4OS2/c25-20(16-13-21-24(22-16)14-5-2-1-3-6-14)23-10-8-17-15(9-12-27-17)19(23)18-7-4-11-26-18/h1-7,9,11-13,19H,8,10H2/t19-/m1/s1. The van der Waals surface area contributed by atoms with Gasteiger partial charge in [0.1, 0.15) is 0 Å². The first-order valence-corrected chi connectivity index (χ1v) is 10.5. The van der Waals surface area contributed by atoms with Gasteiger partial charge in [-0.3, -0.25) is 4.79 Å². The summed E-state index contributed by atoms with van der Waals surface area (Å²) in [6, 6.07) is 15.9. The summed E-state index contributed by atoms with van der Waals surface area (Å²) in [7, 11) is 0. The zero-order valence-electron chi connectivity index (χ0n) is 14.4. The molecule has 0 radical (unpaired) electrons. The molecule has 134 valence electrons. The van der Waals surface area contributed by atoms with E-state index in [1.807, 2.05) is 41.3 Å². The van der Waals surface area contributed by atoms with Crippen LogP contribution in [0.25, 0.3) is 5.69 Å². The topological polar surface area (TPSA) is 51.0 Å². The number of para-hydroxylation sites is 1. The lowest BCUT2D eigenvalue weighted by atomic mass is 9.98. The Morgan fingerprint density at radius 2 is 1.93 bits per heavy atom. The van der Waals surface area contributed by atoms with E-state index in [-0.39, 0.29) is 11.9 Å². The molecule has 0 unspecified atom stereocenters. The van der Waals surface area contributed by atoms with Gasteiger partial charge in [0.2, 0.25) is 0 Å². The Labute approximate surface area is 164 Å². The molecule has 0 saturated heterocycles. The van der Waals surface area contributed by atoms with Gasteiger partial charge in [-0.15, -0.1) is 27.8 Å². The third kappa shape index (κ3) is 2.89. The van der Waals surface area contributed by atoms with Crippen molar-refractivity contribution in [2.75, 3.05) is 6.54 Å². The van der Waals surface area contributed by atoms with E-state index in [1.165, 1.54) is 20.1 Å². The van der Waals surface area contributed by atoms with E-state index in [1.54, 1.807) is 28.9 Å². The van der Waals surface area contributed by atoms with Crippen molar-refractivity contribution in [3.63, 3.8) is 0 Å². The van der Waals surface area contributed by atoms with Gasteiger partial charge in [0.05, 0.1) is 17.9 Å². The van der Waals surface area contributed by atoms with Crippen LogP contribution in [0.4, 0.5) is 0 Å². The molecule has 27 heavy (non-hydrogen) atoms. The summed E-state index contributed by atoms with van der Waals surface area (Å²) in [5, 5.41) is 12.9. The van der Waals surface area contributed by atoms with Gasteiger partial charge in [-0.25, -0.2) is 0 Å². The fourth-order valence-electron chi connectivity index (χ4n) is 3.48. The molecule has 3 aromatic heterocycles. The molecule has 0 saturated carbocycles. The average molecular weight is 393 g/mol. The Bertz CT molecular complexity index is 1070. The predicted octanol–water partition coefficient (Wildman–Crippen LogP) is 4.18. The average Bonchev–Trinajstić information content (AvgIpc) is 3.48. The number of aromatic nitrogens is 3. The molecule has 0 N–H and O–H groups in total. The first-order valence-electron chi connectivity index (χ1n) is 8.69. The fraction of sp³-hybridized carbons (Fsp3) is 0.150.